The maximum absolute atomic E-state index is 12.9. The number of rotatable bonds is 1. The average Bonchev–Trinajstić information content (AvgIpc) is 2.59. The topological polar surface area (TPSA) is 97.5 Å². The monoisotopic (exact) mass is 418 g/mol. The summed E-state index contributed by atoms with van der Waals surface area (Å²) in [5, 5.41) is 15.9. The summed E-state index contributed by atoms with van der Waals surface area (Å²) in [7, 11) is -5.31. The van der Waals surface area contributed by atoms with Crippen molar-refractivity contribution in [2.45, 2.75) is 18.3 Å². The van der Waals surface area contributed by atoms with Crippen LogP contribution in [0.5, 0.6) is 0 Å². The van der Waals surface area contributed by atoms with Crippen LogP contribution >= 0.6 is 0 Å². The molecule has 0 atom stereocenters. The van der Waals surface area contributed by atoms with Gasteiger partial charge in [0.05, 0.1) is 0 Å². The van der Waals surface area contributed by atoms with E-state index in [1.165, 1.54) is 0 Å². The van der Waals surface area contributed by atoms with E-state index in [1.54, 1.807) is 0 Å². The normalized spacial score (nSPS) is 22.9. The summed E-state index contributed by atoms with van der Waals surface area (Å²) in [5.41, 5.74) is -5.27. The van der Waals surface area contributed by atoms with Crippen molar-refractivity contribution in [3.8, 4) is 0 Å². The molecule has 0 aromatic rings. The summed E-state index contributed by atoms with van der Waals surface area (Å²) in [6.45, 7) is 6.43. The number of nitrogens with one attached hydrogen (secondary N) is 5. The fourth-order valence-electron chi connectivity index (χ4n) is 2.58. The lowest BCUT2D eigenvalue weighted by atomic mass is 10.4. The van der Waals surface area contributed by atoms with Crippen molar-refractivity contribution in [1.82, 2.24) is 30.9 Å². The van der Waals surface area contributed by atoms with Crippen LogP contribution in [0.25, 0.3) is 0 Å². The second-order valence-corrected chi connectivity index (χ2v) is 8.24. The molecule has 0 saturated carbocycles. The first-order valence-electron chi connectivity index (χ1n) is 9.45. The Bertz CT molecular complexity index is 459. The third-order valence-electron chi connectivity index (χ3n) is 4.07. The van der Waals surface area contributed by atoms with Crippen LogP contribution in [-0.4, -0.2) is 96.8 Å². The molecule has 0 unspecified atom stereocenters. The minimum Gasteiger partial charge on any atom is -0.315 e. The lowest BCUT2D eigenvalue weighted by Gasteiger charge is -2.23. The molecule has 0 aromatic heterocycles. The smallest absolute Gasteiger partial charge is 0.315 e. The molecule has 12 heteroatoms. The van der Waals surface area contributed by atoms with E-state index in [0.29, 0.717) is 36.9 Å². The van der Waals surface area contributed by atoms with Gasteiger partial charge in [-0.25, -0.2) is 8.42 Å². The summed E-state index contributed by atoms with van der Waals surface area (Å²) < 4.78 is 62.6. The van der Waals surface area contributed by atoms with Crippen molar-refractivity contribution in [3.05, 3.63) is 0 Å². The van der Waals surface area contributed by atoms with E-state index in [4.69, 9.17) is 0 Å². The first kappa shape index (κ1) is 24.5. The van der Waals surface area contributed by atoms with Gasteiger partial charge in [-0.3, -0.25) is 0 Å². The summed E-state index contributed by atoms with van der Waals surface area (Å²) in [5.74, 6) is 0. The van der Waals surface area contributed by atoms with Crippen molar-refractivity contribution < 1.29 is 21.6 Å². The fraction of sp³-hybridized carbons (Fsp3) is 1.00. The van der Waals surface area contributed by atoms with Crippen LogP contribution in [0.3, 0.4) is 0 Å². The standard InChI is InChI=1S/C15H33F3N6O2S/c16-15(17,18)27(25,26)24-13-2-5-21-7-6-19-3-1-4-20-8-9-22-10-11-23-12-14-24/h19-23H,1-14H2. The Hall–Kier alpha value is -0.500. The molecule has 5 N–H and O–H groups in total. The highest BCUT2D eigenvalue weighted by molar-refractivity contribution is 7.90. The molecule has 0 radical (unpaired) electrons. The second kappa shape index (κ2) is 13.6. The molecule has 162 valence electrons. The number of sulfonamides is 1. The number of hydrogen-bond acceptors (Lipinski definition) is 7. The number of halogens is 3. The molecule has 1 aliphatic rings. The van der Waals surface area contributed by atoms with Crippen LogP contribution < -0.4 is 26.6 Å². The molecule has 1 rings (SSSR count). The largest absolute Gasteiger partial charge is 0.511 e. The van der Waals surface area contributed by atoms with E-state index in [2.05, 4.69) is 26.6 Å². The minimum absolute atomic E-state index is 0.159. The van der Waals surface area contributed by atoms with Crippen LogP contribution in [0.15, 0.2) is 0 Å². The summed E-state index contributed by atoms with van der Waals surface area (Å²) in [6.07, 6.45) is 1.34. The molecule has 1 fully saturated rings. The highest BCUT2D eigenvalue weighted by Gasteiger charge is 2.49. The van der Waals surface area contributed by atoms with Crippen molar-refractivity contribution in [2.75, 3.05) is 78.5 Å². The third-order valence-corrected chi connectivity index (χ3v) is 5.70. The molecule has 0 amide bonds. The third kappa shape index (κ3) is 10.6. The molecule has 0 bridgehead atoms. The zero-order chi connectivity index (χ0) is 20.0. The molecule has 1 aliphatic heterocycles. The molecule has 8 nitrogen and oxygen atoms in total. The van der Waals surface area contributed by atoms with Gasteiger partial charge in [0.1, 0.15) is 0 Å². The Morgan fingerprint density at radius 3 is 1.48 bits per heavy atom. The Balaban J connectivity index is 2.50. The van der Waals surface area contributed by atoms with Crippen LogP contribution in [0.4, 0.5) is 13.2 Å². The first-order chi connectivity index (χ1) is 12.9. The fourth-order valence-corrected chi connectivity index (χ4v) is 3.57. The van der Waals surface area contributed by atoms with Crippen molar-refractivity contribution in [1.29, 1.82) is 0 Å². The van der Waals surface area contributed by atoms with Gasteiger partial charge in [0.25, 0.3) is 0 Å². The SMILES string of the molecule is O=S(=O)(N1CCCNCCNCCCNCCNCCNCC1)C(F)(F)F. The molecule has 0 aliphatic carbocycles. The molecular formula is C15H33F3N6O2S. The minimum atomic E-state index is -5.31. The number of hydrogen-bond donors (Lipinski definition) is 5. The zero-order valence-corrected chi connectivity index (χ0v) is 16.5. The van der Waals surface area contributed by atoms with Crippen LogP contribution in [0.1, 0.15) is 12.8 Å². The van der Waals surface area contributed by atoms with E-state index in [0.717, 1.165) is 39.1 Å². The number of nitrogens with zero attached hydrogens (tertiary/aromatic N) is 1. The highest BCUT2D eigenvalue weighted by atomic mass is 32.2. The molecule has 0 aromatic carbocycles. The first-order valence-corrected chi connectivity index (χ1v) is 10.9. The maximum atomic E-state index is 12.9. The highest BCUT2D eigenvalue weighted by Crippen LogP contribution is 2.26. The van der Waals surface area contributed by atoms with Crippen LogP contribution in [0, 0.1) is 0 Å². The van der Waals surface area contributed by atoms with Gasteiger partial charge in [-0.2, -0.15) is 17.5 Å². The maximum Gasteiger partial charge on any atom is 0.511 e. The van der Waals surface area contributed by atoms with Gasteiger partial charge in [0.2, 0.25) is 0 Å². The zero-order valence-electron chi connectivity index (χ0n) is 15.7. The second-order valence-electron chi connectivity index (χ2n) is 6.31. The lowest BCUT2D eigenvalue weighted by molar-refractivity contribution is -0.0489. The molecular weight excluding hydrogens is 385 g/mol. The van der Waals surface area contributed by atoms with Gasteiger partial charge in [0, 0.05) is 58.9 Å². The predicted octanol–water partition coefficient (Wildman–Crippen LogP) is -1.12. The quantitative estimate of drug-likeness (QED) is 0.368. The van der Waals surface area contributed by atoms with Crippen LogP contribution in [-0.2, 0) is 10.0 Å². The summed E-state index contributed by atoms with van der Waals surface area (Å²) >= 11 is 0. The van der Waals surface area contributed by atoms with Gasteiger partial charge in [-0.05, 0) is 32.5 Å². The molecule has 1 saturated heterocycles. The van der Waals surface area contributed by atoms with E-state index >= 15 is 0 Å². The Labute approximate surface area is 160 Å². The van der Waals surface area contributed by atoms with E-state index < -0.39 is 15.5 Å². The van der Waals surface area contributed by atoms with Crippen LogP contribution in [0.2, 0.25) is 0 Å². The predicted molar refractivity (Wildman–Crippen MR) is 100 cm³/mol. The van der Waals surface area contributed by atoms with Gasteiger partial charge in [0.15, 0.2) is 0 Å². The van der Waals surface area contributed by atoms with E-state index in [-0.39, 0.29) is 19.6 Å². The Morgan fingerprint density at radius 1 is 0.593 bits per heavy atom. The van der Waals surface area contributed by atoms with Gasteiger partial charge in [-0.15, -0.1) is 0 Å². The molecule has 0 spiro atoms. The number of alkyl halides is 3. The summed E-state index contributed by atoms with van der Waals surface area (Å²) in [4.78, 5) is 0. The van der Waals surface area contributed by atoms with Crippen molar-refractivity contribution in [2.24, 2.45) is 0 Å². The lowest BCUT2D eigenvalue weighted by Crippen LogP contribution is -2.45. The molecule has 27 heavy (non-hydrogen) atoms. The van der Waals surface area contributed by atoms with E-state index in [1.807, 2.05) is 0 Å². The van der Waals surface area contributed by atoms with Crippen molar-refractivity contribution in [3.63, 3.8) is 0 Å². The van der Waals surface area contributed by atoms with Crippen molar-refractivity contribution >= 4 is 10.0 Å². The van der Waals surface area contributed by atoms with Gasteiger partial charge in [-0.1, -0.05) is 0 Å². The molecule has 1 heterocycles. The average molecular weight is 419 g/mol. The Morgan fingerprint density at radius 2 is 1.00 bits per heavy atom. The Kier molecular flexibility index (Phi) is 12.4. The van der Waals surface area contributed by atoms with Gasteiger partial charge >= 0.3 is 15.5 Å². The van der Waals surface area contributed by atoms with E-state index in [9.17, 15) is 21.6 Å². The van der Waals surface area contributed by atoms with Gasteiger partial charge < -0.3 is 26.6 Å². The summed E-state index contributed by atoms with van der Waals surface area (Å²) in [6, 6.07) is 0.